The van der Waals surface area contributed by atoms with Crippen molar-refractivity contribution < 1.29 is 23.8 Å². The SMILES string of the molecule is O=C(N[C@H](CN1CCCC1)[C@H](O)c1ccc(OC2CCOCC2)c(Cl)c1)C1CCN(c2ccc3cc(F)ccc3c2)C1. The molecule has 0 saturated carbocycles. The van der Waals surface area contributed by atoms with Gasteiger partial charge in [0.2, 0.25) is 5.91 Å². The largest absolute Gasteiger partial charge is 0.489 e. The topological polar surface area (TPSA) is 74.3 Å². The van der Waals surface area contributed by atoms with Crippen molar-refractivity contribution in [3.63, 3.8) is 0 Å². The highest BCUT2D eigenvalue weighted by Crippen LogP contribution is 2.32. The van der Waals surface area contributed by atoms with Gasteiger partial charge in [-0.25, -0.2) is 4.39 Å². The molecule has 3 aromatic carbocycles. The molecule has 1 amide bonds. The minimum atomic E-state index is -0.914. The molecular weight excluding hydrogens is 557 g/mol. The summed E-state index contributed by atoms with van der Waals surface area (Å²) in [4.78, 5) is 18.1. The Morgan fingerprint density at radius 3 is 2.57 bits per heavy atom. The van der Waals surface area contributed by atoms with E-state index in [1.54, 1.807) is 12.1 Å². The Labute approximate surface area is 251 Å². The van der Waals surface area contributed by atoms with E-state index in [1.165, 1.54) is 12.1 Å². The number of nitrogens with zero attached hydrogens (tertiary/aromatic N) is 2. The molecule has 7 nitrogen and oxygen atoms in total. The smallest absolute Gasteiger partial charge is 0.225 e. The number of carbonyl (C=O) groups excluding carboxylic acids is 1. The minimum absolute atomic E-state index is 0.0471. The Morgan fingerprint density at radius 2 is 1.79 bits per heavy atom. The van der Waals surface area contributed by atoms with Gasteiger partial charge < -0.3 is 29.7 Å². The number of rotatable bonds is 9. The van der Waals surface area contributed by atoms with Crippen LogP contribution in [-0.2, 0) is 9.53 Å². The molecular formula is C33H39ClFN3O4. The zero-order valence-electron chi connectivity index (χ0n) is 23.8. The van der Waals surface area contributed by atoms with Crippen molar-refractivity contribution in [2.75, 3.05) is 50.8 Å². The predicted molar refractivity (Wildman–Crippen MR) is 163 cm³/mol. The molecule has 0 radical (unpaired) electrons. The zero-order valence-corrected chi connectivity index (χ0v) is 24.6. The quantitative estimate of drug-likeness (QED) is 0.348. The molecule has 42 heavy (non-hydrogen) atoms. The van der Waals surface area contributed by atoms with Crippen LogP contribution in [-0.4, -0.2) is 74.0 Å². The van der Waals surface area contributed by atoms with Crippen LogP contribution in [0.4, 0.5) is 10.1 Å². The Kier molecular flexibility index (Phi) is 9.14. The number of hydrogen-bond donors (Lipinski definition) is 2. The van der Waals surface area contributed by atoms with Gasteiger partial charge in [-0.2, -0.15) is 0 Å². The van der Waals surface area contributed by atoms with Gasteiger partial charge >= 0.3 is 0 Å². The standard InChI is InChI=1S/C33H39ClFN3O4/c34-29-19-24(5-8-31(29)42-28-10-15-41-16-11-28)32(39)30(21-37-12-1-2-13-37)36-33(40)25-9-14-38(20-25)27-7-4-22-17-26(35)6-3-23(22)18-27/h3-8,17-19,25,28,30,32,39H,1-2,9-16,20-21H2,(H,36,40)/t25?,30-,32-/m1/s1. The summed E-state index contributed by atoms with van der Waals surface area (Å²) < 4.78 is 25.1. The highest BCUT2D eigenvalue weighted by Gasteiger charge is 2.33. The van der Waals surface area contributed by atoms with E-state index in [1.807, 2.05) is 30.3 Å². The van der Waals surface area contributed by atoms with E-state index in [4.69, 9.17) is 21.1 Å². The van der Waals surface area contributed by atoms with Crippen LogP contribution in [0.2, 0.25) is 5.02 Å². The van der Waals surface area contributed by atoms with Gasteiger partial charge in [0.05, 0.1) is 30.2 Å². The average molecular weight is 596 g/mol. The fraction of sp³-hybridized carbons (Fsp3) is 0.485. The zero-order chi connectivity index (χ0) is 29.1. The summed E-state index contributed by atoms with van der Waals surface area (Å²) in [5.74, 6) is 0.111. The molecule has 2 N–H and O–H groups in total. The summed E-state index contributed by atoms with van der Waals surface area (Å²) in [6.07, 6.45) is 3.77. The first-order valence-corrected chi connectivity index (χ1v) is 15.5. The van der Waals surface area contributed by atoms with Gasteiger partial charge in [-0.3, -0.25) is 4.79 Å². The van der Waals surface area contributed by atoms with Crippen molar-refractivity contribution in [1.29, 1.82) is 0 Å². The van der Waals surface area contributed by atoms with Crippen LogP contribution < -0.4 is 15.0 Å². The Morgan fingerprint density at radius 1 is 1.02 bits per heavy atom. The second-order valence-corrected chi connectivity index (χ2v) is 12.2. The van der Waals surface area contributed by atoms with Gasteiger partial charge in [0, 0.05) is 38.2 Å². The van der Waals surface area contributed by atoms with Crippen LogP contribution in [0.5, 0.6) is 5.75 Å². The Hall–Kier alpha value is -2.91. The lowest BCUT2D eigenvalue weighted by molar-refractivity contribution is -0.126. The first-order chi connectivity index (χ1) is 20.4. The van der Waals surface area contributed by atoms with E-state index in [-0.39, 0.29) is 23.7 Å². The van der Waals surface area contributed by atoms with E-state index in [0.717, 1.165) is 68.2 Å². The summed E-state index contributed by atoms with van der Waals surface area (Å²) in [6.45, 7) is 5.20. The molecule has 0 spiro atoms. The Balaban J connectivity index is 1.12. The van der Waals surface area contributed by atoms with Crippen LogP contribution >= 0.6 is 11.6 Å². The summed E-state index contributed by atoms with van der Waals surface area (Å²) in [7, 11) is 0. The molecule has 224 valence electrons. The molecule has 3 heterocycles. The molecule has 0 aliphatic carbocycles. The lowest BCUT2D eigenvalue weighted by Crippen LogP contribution is -2.48. The number of benzene rings is 3. The molecule has 3 saturated heterocycles. The summed E-state index contributed by atoms with van der Waals surface area (Å²) in [5, 5.41) is 17.0. The molecule has 0 aromatic heterocycles. The molecule has 1 unspecified atom stereocenters. The summed E-state index contributed by atoms with van der Waals surface area (Å²) in [6, 6.07) is 15.7. The first-order valence-electron chi connectivity index (χ1n) is 15.1. The maximum absolute atomic E-state index is 13.6. The number of anilines is 1. The number of nitrogens with one attached hydrogen (secondary N) is 1. The fourth-order valence-electron chi connectivity index (χ4n) is 6.38. The number of hydrogen-bond acceptors (Lipinski definition) is 6. The third-order valence-electron chi connectivity index (χ3n) is 8.83. The second-order valence-electron chi connectivity index (χ2n) is 11.8. The van der Waals surface area contributed by atoms with Gasteiger partial charge in [-0.05, 0) is 85.1 Å². The van der Waals surface area contributed by atoms with Gasteiger partial charge in [0.15, 0.2) is 0 Å². The number of carbonyl (C=O) groups is 1. The average Bonchev–Trinajstić information content (AvgIpc) is 3.71. The first kappa shape index (κ1) is 29.2. The maximum Gasteiger partial charge on any atom is 0.225 e. The van der Waals surface area contributed by atoms with Crippen molar-refractivity contribution in [2.45, 2.75) is 50.4 Å². The molecule has 3 aromatic rings. The second kappa shape index (κ2) is 13.2. The van der Waals surface area contributed by atoms with E-state index in [0.29, 0.717) is 42.6 Å². The fourth-order valence-corrected chi connectivity index (χ4v) is 6.61. The number of fused-ring (bicyclic) bond motifs is 1. The maximum atomic E-state index is 13.6. The number of ether oxygens (including phenoxy) is 2. The van der Waals surface area contributed by atoms with Crippen LogP contribution in [0.1, 0.15) is 43.8 Å². The summed E-state index contributed by atoms with van der Waals surface area (Å²) >= 11 is 6.61. The van der Waals surface area contributed by atoms with Crippen molar-refractivity contribution in [2.24, 2.45) is 5.92 Å². The van der Waals surface area contributed by atoms with Crippen molar-refractivity contribution in [3.05, 3.63) is 71.0 Å². The molecule has 3 atom stereocenters. The summed E-state index contributed by atoms with van der Waals surface area (Å²) in [5.41, 5.74) is 1.68. The number of aliphatic hydroxyl groups is 1. The van der Waals surface area contributed by atoms with Crippen LogP contribution in [0, 0.1) is 11.7 Å². The van der Waals surface area contributed by atoms with Crippen molar-refractivity contribution in [1.82, 2.24) is 10.2 Å². The third-order valence-corrected chi connectivity index (χ3v) is 9.13. The lowest BCUT2D eigenvalue weighted by atomic mass is 9.99. The lowest BCUT2D eigenvalue weighted by Gasteiger charge is -2.30. The molecule has 3 aliphatic rings. The van der Waals surface area contributed by atoms with Gasteiger partial charge in [0.25, 0.3) is 0 Å². The van der Waals surface area contributed by atoms with E-state index in [2.05, 4.69) is 15.1 Å². The van der Waals surface area contributed by atoms with Gasteiger partial charge in [0.1, 0.15) is 23.8 Å². The molecule has 3 fully saturated rings. The predicted octanol–water partition coefficient (Wildman–Crippen LogP) is 5.33. The number of halogens is 2. The van der Waals surface area contributed by atoms with Gasteiger partial charge in [-0.1, -0.05) is 29.8 Å². The van der Waals surface area contributed by atoms with Gasteiger partial charge in [-0.15, -0.1) is 0 Å². The van der Waals surface area contributed by atoms with Crippen LogP contribution in [0.15, 0.2) is 54.6 Å². The number of aliphatic hydroxyl groups excluding tert-OH is 1. The van der Waals surface area contributed by atoms with E-state index >= 15 is 0 Å². The molecule has 6 rings (SSSR count). The normalized spacial score (nSPS) is 21.5. The molecule has 9 heteroatoms. The third kappa shape index (κ3) is 6.83. The van der Waals surface area contributed by atoms with Crippen LogP contribution in [0.3, 0.4) is 0 Å². The highest BCUT2D eigenvalue weighted by atomic mass is 35.5. The molecule has 3 aliphatic heterocycles. The van der Waals surface area contributed by atoms with E-state index in [9.17, 15) is 14.3 Å². The monoisotopic (exact) mass is 595 g/mol. The van der Waals surface area contributed by atoms with E-state index < -0.39 is 12.1 Å². The van der Waals surface area contributed by atoms with Crippen LogP contribution in [0.25, 0.3) is 10.8 Å². The number of likely N-dealkylation sites (tertiary alicyclic amines) is 1. The Bertz CT molecular complexity index is 1390. The minimum Gasteiger partial charge on any atom is -0.489 e. The van der Waals surface area contributed by atoms with Crippen molar-refractivity contribution in [3.8, 4) is 5.75 Å². The van der Waals surface area contributed by atoms with Crippen molar-refractivity contribution >= 4 is 34.0 Å². The molecule has 0 bridgehead atoms. The highest BCUT2D eigenvalue weighted by molar-refractivity contribution is 6.32. The number of amides is 1.